The molecular formula is C12H27N3O5S. The fraction of sp³-hybridized carbons (Fsp3) is 0.750. The summed E-state index contributed by atoms with van der Waals surface area (Å²) in [5, 5.41) is 1.33. The first-order valence-electron chi connectivity index (χ1n) is 6.69. The van der Waals surface area contributed by atoms with Gasteiger partial charge < -0.3 is 0 Å². The van der Waals surface area contributed by atoms with E-state index >= 15 is 0 Å². The maximum absolute atomic E-state index is 11.4. The van der Waals surface area contributed by atoms with Crippen molar-refractivity contribution in [3.05, 3.63) is 11.6 Å². The molecule has 0 aromatic carbocycles. The van der Waals surface area contributed by atoms with Gasteiger partial charge in [-0.15, -0.1) is 0 Å². The Morgan fingerprint density at radius 2 is 1.52 bits per heavy atom. The van der Waals surface area contributed by atoms with Gasteiger partial charge in [-0.2, -0.15) is 8.42 Å². The molecule has 0 radical (unpaired) electrons. The molecule has 0 saturated heterocycles. The predicted molar refractivity (Wildman–Crippen MR) is 81.2 cm³/mol. The molecular weight excluding hydrogens is 298 g/mol. The van der Waals surface area contributed by atoms with Gasteiger partial charge in [-0.3, -0.25) is 4.79 Å². The Balaban J connectivity index is 0. The number of allylic oxidation sites excluding steroid dienone is 1. The summed E-state index contributed by atoms with van der Waals surface area (Å²) in [6.45, 7) is 7.19. The molecule has 0 aliphatic rings. The lowest BCUT2D eigenvalue weighted by atomic mass is 10.2. The second-order valence-electron chi connectivity index (χ2n) is 3.60. The third-order valence-electron chi connectivity index (χ3n) is 2.02. The second-order valence-corrected chi connectivity index (χ2v) is 4.89. The van der Waals surface area contributed by atoms with E-state index in [9.17, 15) is 13.2 Å². The summed E-state index contributed by atoms with van der Waals surface area (Å²) < 4.78 is 29.2. The van der Waals surface area contributed by atoms with Crippen LogP contribution in [0.15, 0.2) is 11.6 Å². The number of rotatable bonds is 8. The van der Waals surface area contributed by atoms with Crippen LogP contribution in [0.1, 0.15) is 34.1 Å². The third-order valence-corrected chi connectivity index (χ3v) is 3.07. The van der Waals surface area contributed by atoms with Gasteiger partial charge in [0.15, 0.2) is 0 Å². The van der Waals surface area contributed by atoms with Crippen LogP contribution in [0.3, 0.4) is 0 Å². The first-order chi connectivity index (χ1) is 9.79. The number of hydrazine groups is 2. The molecule has 8 nitrogen and oxygen atoms in total. The van der Waals surface area contributed by atoms with Gasteiger partial charge in [0.25, 0.3) is 5.91 Å². The minimum Gasteiger partial charge on any atom is -0.267 e. The van der Waals surface area contributed by atoms with Crippen LogP contribution in [0, 0.1) is 0 Å². The number of hydrogen-bond acceptors (Lipinski definition) is 7. The minimum absolute atomic E-state index is 0.0538. The fourth-order valence-electron chi connectivity index (χ4n) is 1.21. The van der Waals surface area contributed by atoms with Crippen LogP contribution in [-0.2, 0) is 23.6 Å². The molecule has 0 heterocycles. The zero-order chi connectivity index (χ0) is 16.9. The molecule has 0 aliphatic carbocycles. The van der Waals surface area contributed by atoms with Gasteiger partial charge in [0.1, 0.15) is 0 Å². The maximum atomic E-state index is 11.4. The van der Waals surface area contributed by atoms with Crippen LogP contribution in [0.5, 0.6) is 0 Å². The highest BCUT2D eigenvalue weighted by atomic mass is 32.3. The molecule has 0 spiro atoms. The van der Waals surface area contributed by atoms with Crippen LogP contribution in [0.25, 0.3) is 0 Å². The lowest BCUT2D eigenvalue weighted by molar-refractivity contribution is -0.132. The lowest BCUT2D eigenvalue weighted by Crippen LogP contribution is -2.48. The second kappa shape index (κ2) is 12.7. The third kappa shape index (κ3) is 11.3. The lowest BCUT2D eigenvalue weighted by Gasteiger charge is -2.19. The summed E-state index contributed by atoms with van der Waals surface area (Å²) in [6, 6.07) is 0. The average Bonchev–Trinajstić information content (AvgIpc) is 2.40. The molecule has 0 aliphatic heterocycles. The number of carbonyl (C=O) groups is 1. The van der Waals surface area contributed by atoms with Gasteiger partial charge in [-0.05, 0) is 27.2 Å². The summed E-state index contributed by atoms with van der Waals surface area (Å²) in [7, 11) is -0.305. The van der Waals surface area contributed by atoms with Crippen molar-refractivity contribution in [3.63, 3.8) is 0 Å². The Labute approximate surface area is 127 Å². The van der Waals surface area contributed by atoms with Gasteiger partial charge >= 0.3 is 10.4 Å². The first kappa shape index (κ1) is 22.3. The summed E-state index contributed by atoms with van der Waals surface area (Å²) in [5.41, 5.74) is 6.18. The number of nitrogens with one attached hydrogen (secondary N) is 2. The van der Waals surface area contributed by atoms with Crippen LogP contribution < -0.4 is 10.9 Å². The molecule has 9 heteroatoms. The summed E-state index contributed by atoms with van der Waals surface area (Å²) in [6.07, 6.45) is 2.77. The van der Waals surface area contributed by atoms with Crippen molar-refractivity contribution in [1.29, 1.82) is 0 Å². The highest BCUT2D eigenvalue weighted by Gasteiger charge is 2.10. The molecule has 0 rings (SSSR count). The normalized spacial score (nSPS) is 11.6. The molecule has 0 bridgehead atoms. The largest absolute Gasteiger partial charge is 0.399 e. The van der Waals surface area contributed by atoms with E-state index in [2.05, 4.69) is 19.2 Å². The highest BCUT2D eigenvalue weighted by Crippen LogP contribution is 1.97. The van der Waals surface area contributed by atoms with Crippen molar-refractivity contribution < 1.29 is 21.6 Å². The van der Waals surface area contributed by atoms with E-state index in [4.69, 9.17) is 0 Å². The quantitative estimate of drug-likeness (QED) is 0.502. The Kier molecular flexibility index (Phi) is 13.5. The topological polar surface area (TPSA) is 97.0 Å². The van der Waals surface area contributed by atoms with E-state index in [1.54, 1.807) is 34.9 Å². The molecule has 0 unspecified atom stereocenters. The average molecular weight is 325 g/mol. The van der Waals surface area contributed by atoms with E-state index in [0.29, 0.717) is 0 Å². The maximum Gasteiger partial charge on any atom is 0.399 e. The minimum atomic E-state index is -3.68. The summed E-state index contributed by atoms with van der Waals surface area (Å²) in [4.78, 5) is 11.4. The van der Waals surface area contributed by atoms with E-state index in [1.807, 2.05) is 13.0 Å². The molecule has 0 fully saturated rings. The molecule has 2 N–H and O–H groups in total. The highest BCUT2D eigenvalue weighted by molar-refractivity contribution is 7.81. The van der Waals surface area contributed by atoms with E-state index in [1.165, 1.54) is 5.12 Å². The van der Waals surface area contributed by atoms with Gasteiger partial charge in [0.05, 0.1) is 13.2 Å². The summed E-state index contributed by atoms with van der Waals surface area (Å²) in [5.74, 6) is -0.0538. The molecule has 21 heavy (non-hydrogen) atoms. The molecule has 0 aromatic heterocycles. The number of amides is 1. The Hall–Kier alpha value is -1.00. The van der Waals surface area contributed by atoms with E-state index in [0.717, 1.165) is 12.0 Å². The number of nitrogens with zero attached hydrogens (tertiary/aromatic N) is 1. The molecule has 0 aromatic rings. The van der Waals surface area contributed by atoms with Crippen LogP contribution in [-0.4, -0.2) is 46.8 Å². The monoisotopic (exact) mass is 325 g/mol. The Morgan fingerprint density at radius 1 is 1.10 bits per heavy atom. The number of hydrogen-bond donors (Lipinski definition) is 2. The first-order valence-corrected chi connectivity index (χ1v) is 8.02. The predicted octanol–water partition coefficient (Wildman–Crippen LogP) is 0.744. The molecule has 1 amide bonds. The van der Waals surface area contributed by atoms with Gasteiger partial charge in [0, 0.05) is 19.7 Å². The van der Waals surface area contributed by atoms with Crippen molar-refractivity contribution in [2.75, 3.05) is 27.3 Å². The van der Waals surface area contributed by atoms with Crippen molar-refractivity contribution >= 4 is 16.3 Å². The van der Waals surface area contributed by atoms with Crippen LogP contribution in [0.4, 0.5) is 0 Å². The van der Waals surface area contributed by atoms with Gasteiger partial charge in [0.2, 0.25) is 0 Å². The van der Waals surface area contributed by atoms with Crippen molar-refractivity contribution in [3.8, 4) is 0 Å². The van der Waals surface area contributed by atoms with Crippen molar-refractivity contribution in [1.82, 2.24) is 16.0 Å². The zero-order valence-corrected chi connectivity index (χ0v) is 14.4. The number of carbonyl (C=O) groups excluding carboxylic acids is 1. The molecule has 0 saturated carbocycles. The van der Waals surface area contributed by atoms with Crippen molar-refractivity contribution in [2.24, 2.45) is 0 Å². The smallest absolute Gasteiger partial charge is 0.267 e. The van der Waals surface area contributed by atoms with Crippen LogP contribution >= 0.6 is 0 Å². The van der Waals surface area contributed by atoms with E-state index < -0.39 is 10.4 Å². The zero-order valence-electron chi connectivity index (χ0n) is 13.6. The van der Waals surface area contributed by atoms with Crippen LogP contribution in [0.2, 0.25) is 0 Å². The standard InChI is InChI=1S/C8H17N3O.C4H10O4S/c1-5-6-7(2)8(12)11(9-3)10-4;1-3-7-9(5,6)8-4-2/h6,9-10H,5H2,1-4H3;3-4H2,1-2H3. The van der Waals surface area contributed by atoms with E-state index in [-0.39, 0.29) is 19.1 Å². The Morgan fingerprint density at radius 3 is 1.81 bits per heavy atom. The fourth-order valence-corrected chi connectivity index (χ4v) is 1.85. The SMILES string of the molecule is CCC=C(C)C(=O)N(NC)NC.CCOS(=O)(=O)OCC. The Bertz CT molecular complexity index is 393. The van der Waals surface area contributed by atoms with Crippen molar-refractivity contribution in [2.45, 2.75) is 34.1 Å². The molecule has 126 valence electrons. The van der Waals surface area contributed by atoms with Gasteiger partial charge in [-0.1, -0.05) is 13.0 Å². The van der Waals surface area contributed by atoms with Gasteiger partial charge in [-0.25, -0.2) is 24.3 Å². The molecule has 0 atom stereocenters. The summed E-state index contributed by atoms with van der Waals surface area (Å²) >= 11 is 0.